The summed E-state index contributed by atoms with van der Waals surface area (Å²) >= 11 is 0. The van der Waals surface area contributed by atoms with Crippen LogP contribution in [0.4, 0.5) is 24.5 Å². The van der Waals surface area contributed by atoms with Crippen molar-refractivity contribution < 1.29 is 38.4 Å². The summed E-state index contributed by atoms with van der Waals surface area (Å²) in [5, 5.41) is 7.64. The Morgan fingerprint density at radius 1 is 0.742 bits per heavy atom. The maximum Gasteiger partial charge on any atom is 0.516 e. The minimum Gasteiger partial charge on any atom is -0.385 e. The summed E-state index contributed by atoms with van der Waals surface area (Å²) in [6.45, 7) is 9.37. The number of alkyl halides is 3. The molecule has 0 unspecified atom stereocenters. The van der Waals surface area contributed by atoms with Gasteiger partial charge in [-0.3, -0.25) is 4.31 Å². The molecular weight excluding hydrogens is 904 g/mol. The van der Waals surface area contributed by atoms with E-state index in [-0.39, 0.29) is 17.2 Å². The van der Waals surface area contributed by atoms with Crippen LogP contribution in [0.3, 0.4) is 0 Å². The summed E-state index contributed by atoms with van der Waals surface area (Å²) in [6, 6.07) is 31.3. The summed E-state index contributed by atoms with van der Waals surface area (Å²) < 4.78 is 116. The first-order valence-electron chi connectivity index (χ1n) is 22.0. The minimum absolute atomic E-state index is 0.0498. The normalized spacial score (nSPS) is 16.5. The van der Waals surface area contributed by atoms with E-state index in [0.29, 0.717) is 71.8 Å². The van der Waals surface area contributed by atoms with Crippen LogP contribution in [-0.4, -0.2) is 66.7 Å². The topological polar surface area (TPSA) is 121 Å². The number of halogens is 3. The highest BCUT2D eigenvalue weighted by Gasteiger charge is 2.51. The number of unbranched alkanes of at least 4 members (excludes halogenated alkanes) is 2. The number of thiol groups is 2. The Morgan fingerprint density at radius 2 is 1.33 bits per heavy atom. The van der Waals surface area contributed by atoms with Crippen LogP contribution in [0.15, 0.2) is 133 Å². The van der Waals surface area contributed by atoms with E-state index in [9.17, 15) is 38.4 Å². The molecule has 66 heavy (non-hydrogen) atoms. The van der Waals surface area contributed by atoms with E-state index in [4.69, 9.17) is 0 Å². The van der Waals surface area contributed by atoms with Crippen LogP contribution in [0.1, 0.15) is 82.1 Å². The van der Waals surface area contributed by atoms with E-state index in [1.807, 2.05) is 78.9 Å². The highest BCUT2D eigenvalue weighted by Crippen LogP contribution is 2.52. The molecular formula is C51H56F3N3O6S3. The summed E-state index contributed by atoms with van der Waals surface area (Å²) in [5.41, 5.74) is -0.367. The molecule has 0 fully saturated rings. The van der Waals surface area contributed by atoms with Crippen LogP contribution in [-0.2, 0) is 42.3 Å². The van der Waals surface area contributed by atoms with E-state index in [1.54, 1.807) is 36.4 Å². The second-order valence-electron chi connectivity index (χ2n) is 18.0. The molecule has 5 aromatic rings. The number of hydrogen-bond donors (Lipinski definition) is 3. The van der Waals surface area contributed by atoms with Crippen LogP contribution in [0, 0.1) is 0 Å². The summed E-state index contributed by atoms with van der Waals surface area (Å²) in [5.74, 6) is 0.165. The van der Waals surface area contributed by atoms with Gasteiger partial charge in [0.05, 0.1) is 5.70 Å². The number of anilines is 2. The number of benzene rings is 5. The predicted molar refractivity (Wildman–Crippen MR) is 265 cm³/mol. The number of likely N-dealkylation sites (N-methyl/N-ethyl adjacent to an activating group) is 1. The van der Waals surface area contributed by atoms with E-state index in [0.717, 1.165) is 56.8 Å². The van der Waals surface area contributed by atoms with E-state index in [1.165, 1.54) is 0 Å². The Labute approximate surface area is 389 Å². The van der Waals surface area contributed by atoms with Gasteiger partial charge in [0.25, 0.3) is 0 Å². The third-order valence-corrected chi connectivity index (χ3v) is 15.6. The quantitative estimate of drug-likeness (QED) is 0.0587. The Kier molecular flexibility index (Phi) is 14.3. The molecule has 9 nitrogen and oxygen atoms in total. The Bertz CT molecular complexity index is 3060. The van der Waals surface area contributed by atoms with Crippen molar-refractivity contribution in [3.8, 4) is 0 Å². The van der Waals surface area contributed by atoms with Gasteiger partial charge in [0.2, 0.25) is 0 Å². The maximum absolute atomic E-state index is 14.5. The number of nitrogens with zero attached hydrogens (tertiary/aromatic N) is 2. The highest BCUT2D eigenvalue weighted by molar-refractivity contribution is 7.90. The molecule has 5 aromatic carbocycles. The minimum atomic E-state index is -5.87. The van der Waals surface area contributed by atoms with E-state index >= 15 is 0 Å². The van der Waals surface area contributed by atoms with Crippen LogP contribution in [0.2, 0.25) is 0 Å². The van der Waals surface area contributed by atoms with Crippen LogP contribution in [0.25, 0.3) is 32.7 Å². The van der Waals surface area contributed by atoms with Crippen molar-refractivity contribution in [2.45, 2.75) is 76.1 Å². The van der Waals surface area contributed by atoms with Gasteiger partial charge >= 0.3 is 15.5 Å². The van der Waals surface area contributed by atoms with Gasteiger partial charge in [-0.1, -0.05) is 131 Å². The molecule has 1 aliphatic carbocycles. The standard InChI is InChI=1S/C51H56F3N3O6S3/c1-49(2,46-37-19-8-6-17-35(37)24-27-43(46)55-31-12-14-33-64(58)59)30-16-23-41-39-21-10-11-22-40(39)42(48(41)56(5)66(62,63)51(52,53)54)26-29-45-50(3,4)47-38-20-9-7-18-36(38)25-28-44(47)57(45)32-13-15-34-65(60)61/h6-11,16-29,55,64-65H,12-15,30-34H2,1-5H3/b23-16+,42-26+,45-29+. The van der Waals surface area contributed by atoms with Crippen molar-refractivity contribution in [3.63, 3.8) is 0 Å². The lowest BCUT2D eigenvalue weighted by atomic mass is 9.77. The molecule has 1 N–H and O–H groups in total. The lowest BCUT2D eigenvalue weighted by molar-refractivity contribution is -0.0473. The fraction of sp³-hybridized carbons (Fsp3) is 0.333. The summed E-state index contributed by atoms with van der Waals surface area (Å²) in [7, 11) is -9.92. The zero-order valence-electron chi connectivity index (χ0n) is 37.7. The SMILES string of the molecule is CN(C1=C(/C=C/CC(C)(C)c2c(NCCCC[SH](=O)=O)ccc3ccccc23)c2ccccc2/C1=C\C=C1\N(CCCC[SH](=O)=O)c2ccc3ccccc3c2C1(C)C)S(=O)(=O)C(F)(F)F. The van der Waals surface area contributed by atoms with Crippen molar-refractivity contribution in [1.82, 2.24) is 4.31 Å². The largest absolute Gasteiger partial charge is 0.516 e. The molecule has 1 aliphatic heterocycles. The van der Waals surface area contributed by atoms with Gasteiger partial charge in [-0.2, -0.15) is 21.6 Å². The molecule has 15 heteroatoms. The molecule has 350 valence electrons. The predicted octanol–water partition coefficient (Wildman–Crippen LogP) is 10.7. The van der Waals surface area contributed by atoms with Gasteiger partial charge in [-0.05, 0) is 99.5 Å². The smallest absolute Gasteiger partial charge is 0.385 e. The maximum atomic E-state index is 14.5. The summed E-state index contributed by atoms with van der Waals surface area (Å²) in [4.78, 5) is 2.14. The fourth-order valence-corrected chi connectivity index (χ4v) is 11.3. The average Bonchev–Trinajstić information content (AvgIpc) is 3.69. The van der Waals surface area contributed by atoms with Crippen molar-refractivity contribution in [1.29, 1.82) is 0 Å². The Morgan fingerprint density at radius 3 is 2.00 bits per heavy atom. The second kappa shape index (κ2) is 19.5. The third kappa shape index (κ3) is 9.70. The first-order chi connectivity index (χ1) is 31.3. The first-order valence-corrected chi connectivity index (χ1v) is 26.2. The Balaban J connectivity index is 1.34. The van der Waals surface area contributed by atoms with Crippen LogP contribution in [0.5, 0.6) is 0 Å². The van der Waals surface area contributed by atoms with Gasteiger partial charge in [0, 0.05) is 65.3 Å². The molecule has 0 amide bonds. The number of sulfonamides is 1. The lowest BCUT2D eigenvalue weighted by Gasteiger charge is -2.29. The molecule has 0 bridgehead atoms. The van der Waals surface area contributed by atoms with E-state index < -0.39 is 47.8 Å². The van der Waals surface area contributed by atoms with E-state index in [2.05, 4.69) is 44.0 Å². The van der Waals surface area contributed by atoms with Crippen molar-refractivity contribution in [2.75, 3.05) is 41.9 Å². The van der Waals surface area contributed by atoms with Gasteiger partial charge < -0.3 is 10.2 Å². The van der Waals surface area contributed by atoms with Gasteiger partial charge in [0.1, 0.15) is 21.4 Å². The highest BCUT2D eigenvalue weighted by atomic mass is 32.2. The van der Waals surface area contributed by atoms with Gasteiger partial charge in [-0.25, -0.2) is 16.8 Å². The monoisotopic (exact) mass is 959 g/mol. The second-order valence-corrected chi connectivity index (χ2v) is 22.2. The Hall–Kier alpha value is -5.38. The van der Waals surface area contributed by atoms with Gasteiger partial charge in [0.15, 0.2) is 0 Å². The zero-order chi connectivity index (χ0) is 47.6. The molecule has 0 atom stereocenters. The third-order valence-electron chi connectivity index (χ3n) is 12.7. The molecule has 7 rings (SSSR count). The molecule has 0 saturated heterocycles. The molecule has 0 radical (unpaired) electrons. The van der Waals surface area contributed by atoms with Gasteiger partial charge in [-0.15, -0.1) is 0 Å². The van der Waals surface area contributed by atoms with Crippen molar-refractivity contribution in [3.05, 3.63) is 155 Å². The van der Waals surface area contributed by atoms with Crippen molar-refractivity contribution >= 4 is 75.5 Å². The molecule has 0 spiro atoms. The molecule has 2 aliphatic rings. The number of rotatable bonds is 18. The number of allylic oxidation sites excluding steroid dienone is 7. The number of hydrogen-bond acceptors (Lipinski definition) is 8. The van der Waals surface area contributed by atoms with Crippen molar-refractivity contribution in [2.24, 2.45) is 0 Å². The first kappa shape index (κ1) is 48.6. The number of fused-ring (bicyclic) bond motifs is 5. The number of nitrogens with one attached hydrogen (secondary N) is 1. The van der Waals surface area contributed by atoms with Crippen LogP contribution < -0.4 is 10.2 Å². The lowest BCUT2D eigenvalue weighted by Crippen LogP contribution is -2.37. The fourth-order valence-electron chi connectivity index (χ4n) is 9.56. The molecule has 1 heterocycles. The molecule has 0 saturated carbocycles. The summed E-state index contributed by atoms with van der Waals surface area (Å²) in [6.07, 6.45) is 9.81. The zero-order valence-corrected chi connectivity index (χ0v) is 40.3. The molecule has 0 aromatic heterocycles. The average molecular weight is 960 g/mol. The van der Waals surface area contributed by atoms with Crippen LogP contribution >= 0.6 is 0 Å².